The molecule has 1 aromatic rings. The van der Waals surface area contributed by atoms with Crippen molar-refractivity contribution in [1.29, 1.82) is 0 Å². The van der Waals surface area contributed by atoms with Crippen LogP contribution in [0.15, 0.2) is 21.7 Å². The molecule has 0 fully saturated rings. The van der Waals surface area contributed by atoms with E-state index in [0.717, 1.165) is 25.0 Å². The minimum absolute atomic E-state index is 0.150. The second kappa shape index (κ2) is 8.61. The van der Waals surface area contributed by atoms with E-state index in [4.69, 9.17) is 4.74 Å². The number of rotatable bonds is 9. The highest BCUT2D eigenvalue weighted by Crippen LogP contribution is 2.25. The third kappa shape index (κ3) is 5.55. The van der Waals surface area contributed by atoms with Gasteiger partial charge in [0.25, 0.3) is 0 Å². The van der Waals surface area contributed by atoms with E-state index in [1.165, 1.54) is 4.21 Å². The molecule has 1 aromatic heterocycles. The molecule has 5 heteroatoms. The third-order valence-electron chi connectivity index (χ3n) is 3.09. The second-order valence-corrected chi connectivity index (χ2v) is 6.88. The van der Waals surface area contributed by atoms with Gasteiger partial charge in [-0.3, -0.25) is 4.79 Å². The Kier molecular flexibility index (Phi) is 7.49. The summed E-state index contributed by atoms with van der Waals surface area (Å²) in [6.07, 6.45) is 2.95. The predicted octanol–water partition coefficient (Wildman–Crippen LogP) is 3.55. The molecular weight excluding hydrogens is 278 g/mol. The van der Waals surface area contributed by atoms with Crippen molar-refractivity contribution in [3.8, 4) is 0 Å². The molecule has 0 aliphatic rings. The maximum absolute atomic E-state index is 11.9. The molecule has 0 radical (unpaired) electrons. The Morgan fingerprint density at radius 2 is 2.32 bits per heavy atom. The third-order valence-corrected chi connectivity index (χ3v) is 5.31. The molecule has 1 rings (SSSR count). The molecule has 19 heavy (non-hydrogen) atoms. The minimum Gasteiger partial charge on any atom is -0.465 e. The lowest BCUT2D eigenvalue weighted by atomic mass is 9.95. The van der Waals surface area contributed by atoms with E-state index in [2.05, 4.69) is 22.8 Å². The minimum atomic E-state index is -0.552. The molecule has 1 heterocycles. The van der Waals surface area contributed by atoms with Gasteiger partial charge in [0, 0.05) is 0 Å². The van der Waals surface area contributed by atoms with Crippen molar-refractivity contribution in [1.82, 2.24) is 5.32 Å². The van der Waals surface area contributed by atoms with Gasteiger partial charge < -0.3 is 10.1 Å². The molecular formula is C14H23NO2S2. The topological polar surface area (TPSA) is 38.3 Å². The fraction of sp³-hybridized carbons (Fsp3) is 0.643. The van der Waals surface area contributed by atoms with Gasteiger partial charge in [-0.15, -0.1) is 23.1 Å². The predicted molar refractivity (Wildman–Crippen MR) is 83.0 cm³/mol. The second-order valence-electron chi connectivity index (χ2n) is 4.54. The molecule has 0 amide bonds. The quantitative estimate of drug-likeness (QED) is 0.430. The summed E-state index contributed by atoms with van der Waals surface area (Å²) in [6, 6.07) is 4.22. The fourth-order valence-corrected chi connectivity index (χ4v) is 3.58. The molecule has 1 atom stereocenters. The maximum Gasteiger partial charge on any atom is 0.326 e. The Morgan fingerprint density at radius 1 is 1.53 bits per heavy atom. The van der Waals surface area contributed by atoms with Crippen molar-refractivity contribution in [3.05, 3.63) is 17.5 Å². The summed E-state index contributed by atoms with van der Waals surface area (Å²) >= 11 is 3.66. The molecule has 0 saturated carbocycles. The molecule has 1 unspecified atom stereocenters. The average Bonchev–Trinajstić information content (AvgIpc) is 2.91. The maximum atomic E-state index is 11.9. The number of likely N-dealkylation sites (N-methyl/N-ethyl adjacent to an activating group) is 1. The molecule has 1 N–H and O–H groups in total. The first-order chi connectivity index (χ1) is 9.12. The van der Waals surface area contributed by atoms with E-state index < -0.39 is 5.54 Å². The number of hydrogen-bond acceptors (Lipinski definition) is 5. The van der Waals surface area contributed by atoms with E-state index in [-0.39, 0.29) is 5.97 Å². The van der Waals surface area contributed by atoms with Crippen LogP contribution >= 0.6 is 23.1 Å². The van der Waals surface area contributed by atoms with Gasteiger partial charge in [-0.05, 0) is 50.9 Å². The van der Waals surface area contributed by atoms with E-state index in [0.29, 0.717) is 6.61 Å². The number of unbranched alkanes of at least 4 members (excludes halogenated alkanes) is 1. The molecule has 3 nitrogen and oxygen atoms in total. The van der Waals surface area contributed by atoms with Crippen molar-refractivity contribution < 1.29 is 9.53 Å². The smallest absolute Gasteiger partial charge is 0.326 e. The van der Waals surface area contributed by atoms with Gasteiger partial charge in [-0.1, -0.05) is 12.5 Å². The zero-order valence-electron chi connectivity index (χ0n) is 11.9. The Labute approximate surface area is 124 Å². The number of ether oxygens (including phenoxy) is 1. The number of thioether (sulfide) groups is 1. The van der Waals surface area contributed by atoms with Crippen LogP contribution in [0.4, 0.5) is 0 Å². The summed E-state index contributed by atoms with van der Waals surface area (Å²) in [5.41, 5.74) is -0.552. The lowest BCUT2D eigenvalue weighted by Crippen LogP contribution is -2.48. The molecule has 0 aliphatic heterocycles. The summed E-state index contributed by atoms with van der Waals surface area (Å²) in [7, 11) is 1.82. The van der Waals surface area contributed by atoms with Crippen LogP contribution in [-0.4, -0.2) is 30.9 Å². The lowest BCUT2D eigenvalue weighted by molar-refractivity contribution is -0.150. The first kappa shape index (κ1) is 16.5. The number of nitrogens with one attached hydrogen (secondary N) is 1. The Morgan fingerprint density at radius 3 is 2.89 bits per heavy atom. The zero-order valence-corrected chi connectivity index (χ0v) is 13.5. The normalized spacial score (nSPS) is 14.1. The van der Waals surface area contributed by atoms with Crippen molar-refractivity contribution in [3.63, 3.8) is 0 Å². The van der Waals surface area contributed by atoms with Crippen LogP contribution < -0.4 is 5.32 Å². The molecule has 108 valence electrons. The highest BCUT2D eigenvalue weighted by Gasteiger charge is 2.32. The van der Waals surface area contributed by atoms with Crippen LogP contribution in [0, 0.1) is 0 Å². The van der Waals surface area contributed by atoms with Gasteiger partial charge in [-0.2, -0.15) is 0 Å². The number of thiophene rings is 1. The van der Waals surface area contributed by atoms with Crippen LogP contribution in [0.2, 0.25) is 0 Å². The first-order valence-corrected chi connectivity index (χ1v) is 8.51. The number of carbonyl (C=O) groups excluding carboxylic acids is 1. The van der Waals surface area contributed by atoms with E-state index >= 15 is 0 Å². The van der Waals surface area contributed by atoms with Crippen LogP contribution in [0.1, 0.15) is 33.1 Å². The Bertz CT molecular complexity index is 368. The summed E-state index contributed by atoms with van der Waals surface area (Å²) < 4.78 is 6.47. The highest BCUT2D eigenvalue weighted by atomic mass is 32.2. The van der Waals surface area contributed by atoms with Crippen LogP contribution in [-0.2, 0) is 9.53 Å². The van der Waals surface area contributed by atoms with Gasteiger partial charge in [-0.25, -0.2) is 0 Å². The average molecular weight is 301 g/mol. The molecule has 0 aliphatic carbocycles. The van der Waals surface area contributed by atoms with Crippen LogP contribution in [0.3, 0.4) is 0 Å². The monoisotopic (exact) mass is 301 g/mol. The summed E-state index contributed by atoms with van der Waals surface area (Å²) in [5, 5.41) is 5.19. The lowest BCUT2D eigenvalue weighted by Gasteiger charge is -2.26. The van der Waals surface area contributed by atoms with Crippen molar-refractivity contribution in [2.75, 3.05) is 19.4 Å². The van der Waals surface area contributed by atoms with Crippen molar-refractivity contribution in [2.45, 2.75) is 42.9 Å². The standard InChI is InChI=1S/C14H23NO2S2/c1-4-17-13(16)14(2,15-3)9-5-6-10-18-12-8-7-11-19-12/h7-8,11,15H,4-6,9-10H2,1-3H3. The molecule has 0 aromatic carbocycles. The Hall–Kier alpha value is -0.520. The molecule has 0 bridgehead atoms. The van der Waals surface area contributed by atoms with Crippen LogP contribution in [0.5, 0.6) is 0 Å². The summed E-state index contributed by atoms with van der Waals surface area (Å²) in [4.78, 5) is 11.9. The van der Waals surface area contributed by atoms with Crippen molar-refractivity contribution >= 4 is 29.1 Å². The largest absolute Gasteiger partial charge is 0.465 e. The number of hydrogen-bond donors (Lipinski definition) is 1. The summed E-state index contributed by atoms with van der Waals surface area (Å²) in [6.45, 7) is 4.19. The van der Waals surface area contributed by atoms with E-state index in [1.807, 2.05) is 32.7 Å². The van der Waals surface area contributed by atoms with E-state index in [1.54, 1.807) is 11.3 Å². The Balaban J connectivity index is 2.23. The van der Waals surface area contributed by atoms with Gasteiger partial charge in [0.2, 0.25) is 0 Å². The van der Waals surface area contributed by atoms with Gasteiger partial charge >= 0.3 is 5.97 Å². The van der Waals surface area contributed by atoms with Gasteiger partial charge in [0.1, 0.15) is 5.54 Å². The highest BCUT2D eigenvalue weighted by molar-refractivity contribution is 8.01. The van der Waals surface area contributed by atoms with Crippen LogP contribution in [0.25, 0.3) is 0 Å². The summed E-state index contributed by atoms with van der Waals surface area (Å²) in [5.74, 6) is 0.951. The zero-order chi connectivity index (χ0) is 14.1. The van der Waals surface area contributed by atoms with Gasteiger partial charge in [0.05, 0.1) is 10.8 Å². The SMILES string of the molecule is CCOC(=O)C(C)(CCCCSc1cccs1)NC. The molecule has 0 spiro atoms. The molecule has 0 saturated heterocycles. The number of esters is 1. The van der Waals surface area contributed by atoms with Gasteiger partial charge in [0.15, 0.2) is 0 Å². The first-order valence-electron chi connectivity index (χ1n) is 6.65. The number of carbonyl (C=O) groups is 1. The fourth-order valence-electron chi connectivity index (χ4n) is 1.72. The van der Waals surface area contributed by atoms with E-state index in [9.17, 15) is 4.79 Å². The van der Waals surface area contributed by atoms with Crippen molar-refractivity contribution in [2.24, 2.45) is 0 Å².